The maximum Gasteiger partial charge on any atom is 0.514 e. The number of Topliss-reactive ketones (excluding diaryl/α,β-unsaturated/α-hetero) is 2. The lowest BCUT2D eigenvalue weighted by molar-refractivity contribution is -0.164. The van der Waals surface area contributed by atoms with Crippen LogP contribution in [-0.2, 0) is 23.8 Å². The molecule has 8 bridgehead atoms. The van der Waals surface area contributed by atoms with E-state index in [2.05, 4.69) is 14.7 Å². The van der Waals surface area contributed by atoms with E-state index in [4.69, 9.17) is 28.4 Å². The van der Waals surface area contributed by atoms with Crippen molar-refractivity contribution in [3.8, 4) is 28.7 Å². The minimum atomic E-state index is -0.804. The minimum absolute atomic E-state index is 0.00895. The molecule has 0 amide bonds. The zero-order chi connectivity index (χ0) is 48.2. The highest BCUT2D eigenvalue weighted by Crippen LogP contribution is 2.56. The highest BCUT2D eigenvalue weighted by molar-refractivity contribution is 5.92. The number of carbonyl (C=O) groups excluding carboxylic acids is 6. The number of aromatic nitrogens is 4. The number of ether oxygens (including phenoxy) is 7. The van der Waals surface area contributed by atoms with Crippen molar-refractivity contribution in [2.45, 2.75) is 82.3 Å². The van der Waals surface area contributed by atoms with Crippen LogP contribution in [0, 0.1) is 42.4 Å². The van der Waals surface area contributed by atoms with Crippen molar-refractivity contribution in [2.24, 2.45) is 35.5 Å². The number of aromatic hydroxyl groups is 1. The summed E-state index contributed by atoms with van der Waals surface area (Å²) >= 11 is 0. The molecule has 12 rings (SSSR count). The van der Waals surface area contributed by atoms with Crippen LogP contribution < -0.4 is 18.9 Å². The zero-order valence-electron chi connectivity index (χ0n) is 38.3. The van der Waals surface area contributed by atoms with Gasteiger partial charge in [0.15, 0.2) is 23.0 Å². The van der Waals surface area contributed by atoms with Crippen LogP contribution in [0.25, 0.3) is 0 Å². The van der Waals surface area contributed by atoms with Gasteiger partial charge in [-0.3, -0.25) is 18.7 Å². The van der Waals surface area contributed by atoms with Crippen LogP contribution in [0.3, 0.4) is 0 Å². The Hall–Kier alpha value is -6.76. The molecule has 0 saturated heterocycles. The summed E-state index contributed by atoms with van der Waals surface area (Å²) in [5.41, 5.74) is 0.0671. The van der Waals surface area contributed by atoms with Crippen LogP contribution in [0.4, 0.5) is 9.59 Å². The fraction of sp³-hybridized carbons (Fsp3) is 0.500. The molecule has 2 aromatic heterocycles. The van der Waals surface area contributed by atoms with E-state index in [0.717, 1.165) is 51.4 Å². The molecule has 8 aliphatic rings. The Kier molecular flexibility index (Phi) is 14.4. The molecule has 4 aromatic rings. The fourth-order valence-electron chi connectivity index (χ4n) is 11.1. The molecule has 67 heavy (non-hydrogen) atoms. The fourth-order valence-corrected chi connectivity index (χ4v) is 11.1. The van der Waals surface area contributed by atoms with Crippen molar-refractivity contribution in [1.82, 2.24) is 19.1 Å². The number of nitrogens with zero attached hydrogens (tertiary/aromatic N) is 4. The zero-order valence-corrected chi connectivity index (χ0v) is 38.3. The Labute approximate surface area is 386 Å². The average molecular weight is 929 g/mol. The number of rotatable bonds is 7. The van der Waals surface area contributed by atoms with Gasteiger partial charge in [0.2, 0.25) is 5.75 Å². The van der Waals surface area contributed by atoms with Gasteiger partial charge in [0.25, 0.3) is 0 Å². The Morgan fingerprint density at radius 3 is 1.52 bits per heavy atom. The number of aryl methyl sites for hydroxylation is 1. The summed E-state index contributed by atoms with van der Waals surface area (Å²) in [6, 6.07) is 5.60. The van der Waals surface area contributed by atoms with Gasteiger partial charge in [-0.15, -0.1) is 0 Å². The normalized spacial score (nSPS) is 26.6. The molecule has 358 valence electrons. The van der Waals surface area contributed by atoms with Gasteiger partial charge < -0.3 is 43.4 Å². The van der Waals surface area contributed by atoms with E-state index in [0.29, 0.717) is 47.4 Å². The molecule has 8 saturated carbocycles. The molecule has 19 nitrogen and oxygen atoms in total. The molecule has 19 heteroatoms. The number of ketones is 2. The van der Waals surface area contributed by atoms with Crippen molar-refractivity contribution in [3.05, 3.63) is 78.4 Å². The number of aliphatic hydroxyl groups is 1. The molecule has 2 heterocycles. The number of imidazole rings is 2. The second-order valence-corrected chi connectivity index (χ2v) is 18.1. The van der Waals surface area contributed by atoms with Gasteiger partial charge in [0, 0.05) is 48.5 Å². The van der Waals surface area contributed by atoms with Gasteiger partial charge in [-0.1, -0.05) is 0 Å². The summed E-state index contributed by atoms with van der Waals surface area (Å²) in [4.78, 5) is 78.5. The first kappa shape index (κ1) is 48.2. The van der Waals surface area contributed by atoms with Crippen molar-refractivity contribution < 1.29 is 72.1 Å². The second kappa shape index (κ2) is 20.0. The standard InChI is InChI=1S/C21H24O7.C10H12O5.C10H14O2.C7H6N4O/c1-11-4-13(19(23)26-3)7-16(25-2)18(11)27-20(24)28-21-8-12-5-14(9-21)17(22)15(6-12)10-21;1-13-7-4-6(10(12)15-3)5-8(14-2)9(7)11;11-9-7-1-6-2-8(9)5-10(12,3-6)4-7;12-7(10-3-1-8-5-10)11-4-2-9-6-11/h4,7,12,14-15H,5-6,8-10H2,1-3H3;4-5,11H,1-3H3;6-8,12H,1-5H2;1-6H. The van der Waals surface area contributed by atoms with Crippen LogP contribution in [-0.4, -0.2) is 112 Å². The summed E-state index contributed by atoms with van der Waals surface area (Å²) in [6.45, 7) is 1.71. The first-order valence-corrected chi connectivity index (χ1v) is 22.0. The maximum atomic E-state index is 12.6. The molecule has 8 aliphatic carbocycles. The Bertz CT molecular complexity index is 2390. The van der Waals surface area contributed by atoms with E-state index >= 15 is 0 Å². The van der Waals surface area contributed by atoms with Crippen molar-refractivity contribution in [2.75, 3.05) is 35.5 Å². The molecule has 2 aromatic carbocycles. The van der Waals surface area contributed by atoms with Crippen molar-refractivity contribution in [3.63, 3.8) is 0 Å². The number of phenols is 1. The molecule has 0 spiro atoms. The first-order chi connectivity index (χ1) is 32.0. The summed E-state index contributed by atoms with van der Waals surface area (Å²) in [5, 5.41) is 19.6. The van der Waals surface area contributed by atoms with E-state index in [-0.39, 0.29) is 64.0 Å². The molecule has 0 radical (unpaired) electrons. The van der Waals surface area contributed by atoms with Gasteiger partial charge in [-0.05, 0) is 113 Å². The number of benzene rings is 2. The maximum absolute atomic E-state index is 12.6. The third kappa shape index (κ3) is 10.5. The van der Waals surface area contributed by atoms with Crippen LogP contribution >= 0.6 is 0 Å². The largest absolute Gasteiger partial charge is 0.514 e. The predicted molar refractivity (Wildman–Crippen MR) is 234 cm³/mol. The number of esters is 2. The van der Waals surface area contributed by atoms with Crippen LogP contribution in [0.1, 0.15) is 90.5 Å². The van der Waals surface area contributed by atoms with E-state index in [9.17, 15) is 39.0 Å². The molecule has 4 atom stereocenters. The van der Waals surface area contributed by atoms with Crippen molar-refractivity contribution >= 4 is 35.7 Å². The van der Waals surface area contributed by atoms with E-state index in [1.165, 1.54) is 75.5 Å². The molecule has 0 aliphatic heterocycles. The van der Waals surface area contributed by atoms with Gasteiger partial charge in [-0.25, -0.2) is 29.1 Å². The Morgan fingerprint density at radius 1 is 0.642 bits per heavy atom. The number of methoxy groups -OCH3 is 5. The molecule has 4 unspecified atom stereocenters. The van der Waals surface area contributed by atoms with Crippen LogP contribution in [0.15, 0.2) is 61.7 Å². The molecular weight excluding hydrogens is 873 g/mol. The number of carbonyl (C=O) groups is 6. The number of phenolic OH excluding ortho intramolecular Hbond substituents is 1. The van der Waals surface area contributed by atoms with Crippen LogP contribution in [0.5, 0.6) is 28.7 Å². The number of hydrogen-bond acceptors (Lipinski definition) is 17. The first-order valence-electron chi connectivity index (χ1n) is 22.0. The molecule has 8 fully saturated rings. The van der Waals surface area contributed by atoms with Gasteiger partial charge in [0.05, 0.1) is 52.3 Å². The SMILES string of the molecule is COC(=O)c1cc(C)c(OC(=O)OC23CC4CC(C2)C(=O)C(C4)C3)c(OC)c1.COC(=O)c1cc(OC)c(O)c(OC)c1.O=C(n1ccnc1)n1ccnc1.O=C1C2CC3CC1CC(O)(C3)C2. The van der Waals surface area contributed by atoms with Gasteiger partial charge >= 0.3 is 24.1 Å². The lowest BCUT2D eigenvalue weighted by Crippen LogP contribution is -2.57. The van der Waals surface area contributed by atoms with E-state index in [1.54, 1.807) is 37.8 Å². The van der Waals surface area contributed by atoms with E-state index < -0.39 is 29.3 Å². The molecular formula is C48H56N4O15. The average Bonchev–Trinajstić information content (AvgIpc) is 4.06. The second-order valence-electron chi connectivity index (χ2n) is 18.1. The smallest absolute Gasteiger partial charge is 0.502 e. The number of hydrogen-bond donors (Lipinski definition) is 2. The third-order valence-electron chi connectivity index (χ3n) is 13.6. The summed E-state index contributed by atoms with van der Waals surface area (Å²) < 4.78 is 38.4. The summed E-state index contributed by atoms with van der Waals surface area (Å²) in [7, 11) is 6.76. The van der Waals surface area contributed by atoms with Crippen LogP contribution in [0.2, 0.25) is 0 Å². The molecule has 2 N–H and O–H groups in total. The third-order valence-corrected chi connectivity index (χ3v) is 13.6. The quantitative estimate of drug-likeness (QED) is 0.116. The van der Waals surface area contributed by atoms with Gasteiger partial charge in [0.1, 0.15) is 29.8 Å². The highest BCUT2D eigenvalue weighted by Gasteiger charge is 2.58. The predicted octanol–water partition coefficient (Wildman–Crippen LogP) is 6.37. The lowest BCUT2D eigenvalue weighted by atomic mass is 9.53. The van der Waals surface area contributed by atoms with E-state index in [1.807, 2.05) is 0 Å². The Morgan fingerprint density at radius 2 is 1.09 bits per heavy atom. The monoisotopic (exact) mass is 928 g/mol. The summed E-state index contributed by atoms with van der Waals surface area (Å²) in [6.07, 6.45) is 16.8. The lowest BCUT2D eigenvalue weighted by Gasteiger charge is -2.54. The summed E-state index contributed by atoms with van der Waals surface area (Å²) in [5.74, 6) is 1.96. The Balaban J connectivity index is 0.000000144. The minimum Gasteiger partial charge on any atom is -0.502 e. The highest BCUT2D eigenvalue weighted by atomic mass is 16.7. The topological polar surface area (TPSA) is 243 Å². The van der Waals surface area contributed by atoms with Crippen molar-refractivity contribution in [1.29, 1.82) is 0 Å². The van der Waals surface area contributed by atoms with Gasteiger partial charge in [-0.2, -0.15) is 0 Å².